The number of aromatic nitrogens is 1. The molecule has 33 heavy (non-hydrogen) atoms. The number of anilines is 1. The minimum Gasteiger partial charge on any atom is -0.339 e. The SMILES string of the molecule is Cc1ccc(C(=O)Nc2ccc(C)c(C)c2)c(C2CCN(C(=O)c3ccc(Br)cc3)CC2)n1. The normalized spacial score (nSPS) is 14.2. The Hall–Kier alpha value is -2.99. The van der Waals surface area contributed by atoms with E-state index < -0.39 is 0 Å². The highest BCUT2D eigenvalue weighted by atomic mass is 79.9. The maximum absolute atomic E-state index is 13.2. The monoisotopic (exact) mass is 505 g/mol. The number of pyridine rings is 1. The van der Waals surface area contributed by atoms with E-state index in [4.69, 9.17) is 4.98 Å². The summed E-state index contributed by atoms with van der Waals surface area (Å²) >= 11 is 3.41. The van der Waals surface area contributed by atoms with Crippen LogP contribution in [-0.2, 0) is 0 Å². The van der Waals surface area contributed by atoms with Gasteiger partial charge >= 0.3 is 0 Å². The second-order valence-corrected chi connectivity index (χ2v) is 9.63. The van der Waals surface area contributed by atoms with Crippen molar-refractivity contribution in [3.8, 4) is 0 Å². The third-order valence-electron chi connectivity index (χ3n) is 6.33. The number of halogens is 1. The lowest BCUT2D eigenvalue weighted by atomic mass is 9.89. The molecule has 5 nitrogen and oxygen atoms in total. The van der Waals surface area contributed by atoms with Crippen molar-refractivity contribution < 1.29 is 9.59 Å². The number of hydrogen-bond acceptors (Lipinski definition) is 3. The zero-order valence-electron chi connectivity index (χ0n) is 19.2. The van der Waals surface area contributed by atoms with Gasteiger partial charge in [-0.05, 0) is 93.3 Å². The van der Waals surface area contributed by atoms with E-state index in [1.54, 1.807) is 0 Å². The van der Waals surface area contributed by atoms with Crippen molar-refractivity contribution in [1.82, 2.24) is 9.88 Å². The van der Waals surface area contributed by atoms with E-state index in [1.165, 1.54) is 5.56 Å². The molecule has 2 amide bonds. The van der Waals surface area contributed by atoms with E-state index in [9.17, 15) is 9.59 Å². The van der Waals surface area contributed by atoms with Crippen molar-refractivity contribution in [2.75, 3.05) is 18.4 Å². The van der Waals surface area contributed by atoms with Crippen molar-refractivity contribution >= 4 is 33.4 Å². The molecule has 0 atom stereocenters. The van der Waals surface area contributed by atoms with Gasteiger partial charge in [0.1, 0.15) is 0 Å². The summed E-state index contributed by atoms with van der Waals surface area (Å²) in [5.74, 6) is 0.0411. The fourth-order valence-electron chi connectivity index (χ4n) is 4.23. The number of carbonyl (C=O) groups excluding carboxylic acids is 2. The van der Waals surface area contributed by atoms with Crippen LogP contribution in [-0.4, -0.2) is 34.8 Å². The van der Waals surface area contributed by atoms with Crippen molar-refractivity contribution in [3.63, 3.8) is 0 Å². The molecule has 1 saturated heterocycles. The second kappa shape index (κ2) is 9.87. The summed E-state index contributed by atoms with van der Waals surface area (Å²) in [6.07, 6.45) is 1.56. The first kappa shape index (κ1) is 23.2. The molecule has 1 aliphatic heterocycles. The number of piperidine rings is 1. The molecule has 0 bridgehead atoms. The highest BCUT2D eigenvalue weighted by molar-refractivity contribution is 9.10. The average Bonchev–Trinajstić information content (AvgIpc) is 2.81. The first-order valence-electron chi connectivity index (χ1n) is 11.2. The molecule has 1 aromatic heterocycles. The Kier molecular flexibility index (Phi) is 6.94. The van der Waals surface area contributed by atoms with Gasteiger partial charge in [0.05, 0.1) is 11.3 Å². The molecule has 1 fully saturated rings. The number of rotatable bonds is 4. The highest BCUT2D eigenvalue weighted by Crippen LogP contribution is 2.31. The zero-order valence-corrected chi connectivity index (χ0v) is 20.8. The Balaban J connectivity index is 1.48. The fraction of sp³-hybridized carbons (Fsp3) is 0.296. The molecular formula is C27H28BrN3O2. The highest BCUT2D eigenvalue weighted by Gasteiger charge is 2.28. The summed E-state index contributed by atoms with van der Waals surface area (Å²) in [6, 6.07) is 17.1. The molecular weight excluding hydrogens is 478 g/mol. The van der Waals surface area contributed by atoms with Crippen LogP contribution in [0.2, 0.25) is 0 Å². The molecule has 170 valence electrons. The number of aryl methyl sites for hydroxylation is 3. The van der Waals surface area contributed by atoms with Gasteiger partial charge in [0.25, 0.3) is 11.8 Å². The van der Waals surface area contributed by atoms with E-state index in [0.717, 1.165) is 40.0 Å². The van der Waals surface area contributed by atoms with Crippen LogP contribution < -0.4 is 5.32 Å². The topological polar surface area (TPSA) is 62.3 Å². The first-order chi connectivity index (χ1) is 15.8. The molecule has 0 saturated carbocycles. The molecule has 6 heteroatoms. The summed E-state index contributed by atoms with van der Waals surface area (Å²) in [5.41, 5.74) is 6.13. The van der Waals surface area contributed by atoms with Crippen molar-refractivity contribution in [1.29, 1.82) is 0 Å². The van der Waals surface area contributed by atoms with Gasteiger partial charge in [0.2, 0.25) is 0 Å². The number of carbonyl (C=O) groups is 2. The molecule has 0 radical (unpaired) electrons. The van der Waals surface area contributed by atoms with Crippen molar-refractivity contribution in [3.05, 3.63) is 92.7 Å². The Labute approximate surface area is 203 Å². The van der Waals surface area contributed by atoms with E-state index in [1.807, 2.05) is 73.3 Å². The predicted octanol–water partition coefficient (Wildman–Crippen LogP) is 6.04. The Morgan fingerprint density at radius 1 is 0.939 bits per heavy atom. The molecule has 3 aromatic rings. The lowest BCUT2D eigenvalue weighted by molar-refractivity contribution is 0.0711. The van der Waals surface area contributed by atoms with Crippen LogP contribution in [0.1, 0.15) is 62.0 Å². The lowest BCUT2D eigenvalue weighted by Gasteiger charge is -2.32. The largest absolute Gasteiger partial charge is 0.339 e. The van der Waals surface area contributed by atoms with Gasteiger partial charge < -0.3 is 10.2 Å². The van der Waals surface area contributed by atoms with Crippen LogP contribution in [0.25, 0.3) is 0 Å². The van der Waals surface area contributed by atoms with Gasteiger partial charge in [-0.1, -0.05) is 22.0 Å². The maximum Gasteiger partial charge on any atom is 0.257 e. The van der Waals surface area contributed by atoms with Crippen molar-refractivity contribution in [2.45, 2.75) is 39.5 Å². The van der Waals surface area contributed by atoms with Gasteiger partial charge in [0.15, 0.2) is 0 Å². The summed E-state index contributed by atoms with van der Waals surface area (Å²) < 4.78 is 0.954. The van der Waals surface area contributed by atoms with Crippen LogP contribution in [0.5, 0.6) is 0 Å². The molecule has 0 aliphatic carbocycles. The first-order valence-corrected chi connectivity index (χ1v) is 12.0. The van der Waals surface area contributed by atoms with Gasteiger partial charge in [-0.15, -0.1) is 0 Å². The van der Waals surface area contributed by atoms with Gasteiger partial charge in [-0.25, -0.2) is 0 Å². The minimum atomic E-state index is -0.144. The van der Waals surface area contributed by atoms with Gasteiger partial charge in [-0.3, -0.25) is 14.6 Å². The van der Waals surface area contributed by atoms with E-state index in [-0.39, 0.29) is 17.7 Å². The smallest absolute Gasteiger partial charge is 0.257 e. The van der Waals surface area contributed by atoms with Crippen LogP contribution in [0, 0.1) is 20.8 Å². The average molecular weight is 506 g/mol. The number of likely N-dealkylation sites (tertiary alicyclic amines) is 1. The summed E-state index contributed by atoms with van der Waals surface area (Å²) in [7, 11) is 0. The third kappa shape index (κ3) is 5.33. The number of hydrogen-bond donors (Lipinski definition) is 1. The number of amides is 2. The van der Waals surface area contributed by atoms with E-state index in [2.05, 4.69) is 28.2 Å². The Morgan fingerprint density at radius 2 is 1.64 bits per heavy atom. The zero-order chi connectivity index (χ0) is 23.5. The summed E-state index contributed by atoms with van der Waals surface area (Å²) in [6.45, 7) is 7.32. The second-order valence-electron chi connectivity index (χ2n) is 8.71. The van der Waals surface area contributed by atoms with Gasteiger partial charge in [0, 0.05) is 40.4 Å². The van der Waals surface area contributed by atoms with Gasteiger partial charge in [-0.2, -0.15) is 0 Å². The van der Waals surface area contributed by atoms with Crippen LogP contribution in [0.4, 0.5) is 5.69 Å². The number of nitrogens with zero attached hydrogens (tertiary/aromatic N) is 2. The van der Waals surface area contributed by atoms with E-state index in [0.29, 0.717) is 24.2 Å². The molecule has 0 unspecified atom stereocenters. The quantitative estimate of drug-likeness (QED) is 0.469. The Morgan fingerprint density at radius 3 is 2.30 bits per heavy atom. The van der Waals surface area contributed by atoms with Crippen LogP contribution >= 0.6 is 15.9 Å². The number of nitrogens with one attached hydrogen (secondary N) is 1. The molecule has 2 aromatic carbocycles. The van der Waals surface area contributed by atoms with E-state index >= 15 is 0 Å². The fourth-order valence-corrected chi connectivity index (χ4v) is 4.49. The maximum atomic E-state index is 13.2. The lowest BCUT2D eigenvalue weighted by Crippen LogP contribution is -2.38. The minimum absolute atomic E-state index is 0.0471. The molecule has 2 heterocycles. The summed E-state index contributed by atoms with van der Waals surface area (Å²) in [4.78, 5) is 32.7. The predicted molar refractivity (Wildman–Crippen MR) is 135 cm³/mol. The molecule has 0 spiro atoms. The van der Waals surface area contributed by atoms with Crippen LogP contribution in [0.3, 0.4) is 0 Å². The summed E-state index contributed by atoms with van der Waals surface area (Å²) in [5, 5.41) is 3.03. The molecule has 4 rings (SSSR count). The number of benzene rings is 2. The van der Waals surface area contributed by atoms with Crippen molar-refractivity contribution in [2.24, 2.45) is 0 Å². The Bertz CT molecular complexity index is 1180. The molecule has 1 aliphatic rings. The van der Waals surface area contributed by atoms with Crippen LogP contribution in [0.15, 0.2) is 59.1 Å². The third-order valence-corrected chi connectivity index (χ3v) is 6.86. The molecule has 1 N–H and O–H groups in total. The standard InChI is InChI=1S/C27H28BrN3O2/c1-17-4-10-23(16-18(17)2)30-26(32)24-11-5-19(3)29-25(24)20-12-14-31(15-13-20)27(33)21-6-8-22(28)9-7-21/h4-11,16,20H,12-15H2,1-3H3,(H,30,32).